The average Bonchev–Trinajstić information content (AvgIpc) is 3.48. The van der Waals surface area contributed by atoms with Crippen molar-refractivity contribution in [3.05, 3.63) is 65.9 Å². The van der Waals surface area contributed by atoms with Gasteiger partial charge in [-0.25, -0.2) is 8.42 Å². The van der Waals surface area contributed by atoms with Gasteiger partial charge in [0, 0.05) is 29.6 Å². The Labute approximate surface area is 227 Å². The van der Waals surface area contributed by atoms with Crippen molar-refractivity contribution in [1.29, 1.82) is 0 Å². The molecule has 1 aliphatic heterocycles. The molecule has 2 heterocycles. The Kier molecular flexibility index (Phi) is 10.9. The first-order valence-corrected chi connectivity index (χ1v) is 15.2. The predicted molar refractivity (Wildman–Crippen MR) is 154 cm³/mol. The van der Waals surface area contributed by atoms with Gasteiger partial charge in [0.25, 0.3) is 0 Å². The molecular weight excluding hydrogens is 498 g/mol. The van der Waals surface area contributed by atoms with E-state index in [2.05, 4.69) is 49.1 Å². The second kappa shape index (κ2) is 13.9. The number of hydrogen-bond donors (Lipinski definition) is 3. The zero-order chi connectivity index (χ0) is 27.7. The first-order valence-electron chi connectivity index (χ1n) is 13.6. The van der Waals surface area contributed by atoms with Crippen LogP contribution in [0.4, 0.5) is 0 Å². The van der Waals surface area contributed by atoms with Crippen molar-refractivity contribution < 1.29 is 18.3 Å². The van der Waals surface area contributed by atoms with E-state index >= 15 is 0 Å². The lowest BCUT2D eigenvalue weighted by molar-refractivity contribution is -0.138. The zero-order valence-corrected chi connectivity index (χ0v) is 23.7. The number of likely N-dealkylation sites (tertiary alicyclic amines) is 1. The number of fused-ring (bicyclic) bond motifs is 1. The third-order valence-corrected chi connectivity index (χ3v) is 9.05. The van der Waals surface area contributed by atoms with E-state index < -0.39 is 15.8 Å². The third kappa shape index (κ3) is 8.68. The van der Waals surface area contributed by atoms with E-state index in [1.807, 2.05) is 12.1 Å². The number of aliphatic carboxylic acids is 1. The summed E-state index contributed by atoms with van der Waals surface area (Å²) >= 11 is 0. The van der Waals surface area contributed by atoms with Gasteiger partial charge in [0.1, 0.15) is 0 Å². The van der Waals surface area contributed by atoms with Crippen LogP contribution in [0.3, 0.4) is 0 Å². The average molecular weight is 542 g/mol. The number of sulfone groups is 1. The van der Waals surface area contributed by atoms with Gasteiger partial charge in [-0.3, -0.25) is 4.79 Å². The van der Waals surface area contributed by atoms with Crippen molar-refractivity contribution in [2.24, 2.45) is 17.6 Å². The highest BCUT2D eigenvalue weighted by molar-refractivity contribution is 7.91. The molecule has 1 saturated heterocycles. The Morgan fingerprint density at radius 3 is 2.53 bits per heavy atom. The van der Waals surface area contributed by atoms with Gasteiger partial charge in [-0.2, -0.15) is 0 Å². The van der Waals surface area contributed by atoms with Crippen LogP contribution in [0.15, 0.2) is 59.6 Å². The highest BCUT2D eigenvalue weighted by atomic mass is 32.2. The van der Waals surface area contributed by atoms with Crippen molar-refractivity contribution >= 4 is 26.7 Å². The molecular formula is C30H43N3O4S. The smallest absolute Gasteiger partial charge is 0.303 e. The van der Waals surface area contributed by atoms with Gasteiger partial charge in [0.15, 0.2) is 9.84 Å². The molecule has 4 N–H and O–H groups in total. The summed E-state index contributed by atoms with van der Waals surface area (Å²) in [5.74, 6) is 0.0599. The van der Waals surface area contributed by atoms with Crippen LogP contribution < -0.4 is 5.73 Å². The molecule has 4 rings (SSSR count). The summed E-state index contributed by atoms with van der Waals surface area (Å²) in [5.41, 5.74) is 8.93. The monoisotopic (exact) mass is 541 g/mol. The standard InChI is InChI=1S/C22H26N2O2S.C8H17NO2/c1-24-12-5-6-19(24)15-18-16-23-22-10-9-17(14-21(18)22)11-13-27(25,26)20-7-3-2-4-8-20;1-6(2)3-7(5-9)4-8(10)11/h2-4,7-10,14,16,19,23H,5-6,11-13,15H2,1H3;6-7H,3-5,9H2,1-2H3,(H,10,11)/t19-;7-/m10/s1. The third-order valence-electron chi connectivity index (χ3n) is 7.32. The van der Waals surface area contributed by atoms with Crippen molar-refractivity contribution in [3.63, 3.8) is 0 Å². The molecule has 38 heavy (non-hydrogen) atoms. The molecule has 0 spiro atoms. The molecule has 0 amide bonds. The van der Waals surface area contributed by atoms with E-state index in [1.54, 1.807) is 24.3 Å². The van der Waals surface area contributed by atoms with Crippen LogP contribution in [0.5, 0.6) is 0 Å². The van der Waals surface area contributed by atoms with Crippen molar-refractivity contribution in [2.45, 2.75) is 63.3 Å². The maximum atomic E-state index is 12.5. The number of likely N-dealkylation sites (N-methyl/N-ethyl adjacent to an activating group) is 1. The lowest BCUT2D eigenvalue weighted by atomic mass is 9.94. The minimum Gasteiger partial charge on any atom is -0.481 e. The van der Waals surface area contributed by atoms with Crippen LogP contribution in [0.1, 0.15) is 50.7 Å². The fraction of sp³-hybridized carbons (Fsp3) is 0.500. The number of benzene rings is 2. The number of hydrogen-bond acceptors (Lipinski definition) is 5. The largest absolute Gasteiger partial charge is 0.481 e. The second-order valence-corrected chi connectivity index (χ2v) is 13.0. The molecule has 1 aromatic heterocycles. The van der Waals surface area contributed by atoms with Gasteiger partial charge in [0.05, 0.1) is 10.6 Å². The molecule has 1 fully saturated rings. The Balaban J connectivity index is 0.000000310. The number of H-pyrrole nitrogens is 1. The topological polar surface area (TPSA) is 116 Å². The van der Waals surface area contributed by atoms with Gasteiger partial charge >= 0.3 is 5.97 Å². The maximum absolute atomic E-state index is 12.5. The summed E-state index contributed by atoms with van der Waals surface area (Å²) in [6.07, 6.45) is 7.31. The van der Waals surface area contributed by atoms with Crippen molar-refractivity contribution in [2.75, 3.05) is 25.9 Å². The molecule has 7 nitrogen and oxygen atoms in total. The van der Waals surface area contributed by atoms with Crippen LogP contribution in [-0.4, -0.2) is 61.3 Å². The van der Waals surface area contributed by atoms with Gasteiger partial charge in [-0.1, -0.05) is 38.1 Å². The number of carboxylic acids is 1. The number of rotatable bonds is 11. The van der Waals surface area contributed by atoms with Gasteiger partial charge in [0.2, 0.25) is 0 Å². The fourth-order valence-corrected chi connectivity index (χ4v) is 6.53. The summed E-state index contributed by atoms with van der Waals surface area (Å²) in [4.78, 5) is 16.5. The normalized spacial score (nSPS) is 16.9. The van der Waals surface area contributed by atoms with Crippen LogP contribution in [0, 0.1) is 11.8 Å². The first kappa shape index (κ1) is 29.9. The van der Waals surface area contributed by atoms with Crippen LogP contribution in [0.2, 0.25) is 0 Å². The minimum absolute atomic E-state index is 0.133. The number of nitrogens with zero attached hydrogens (tertiary/aromatic N) is 1. The van der Waals surface area contributed by atoms with E-state index in [0.29, 0.717) is 29.8 Å². The molecule has 2 aromatic carbocycles. The molecule has 0 saturated carbocycles. The zero-order valence-electron chi connectivity index (χ0n) is 22.9. The van der Waals surface area contributed by atoms with E-state index in [1.165, 1.54) is 30.3 Å². The Morgan fingerprint density at radius 1 is 1.18 bits per heavy atom. The molecule has 0 bridgehead atoms. The molecule has 1 aliphatic rings. The van der Waals surface area contributed by atoms with E-state index in [-0.39, 0.29) is 18.1 Å². The lowest BCUT2D eigenvalue weighted by Gasteiger charge is -2.18. The molecule has 0 unspecified atom stereocenters. The Morgan fingerprint density at radius 2 is 1.92 bits per heavy atom. The van der Waals surface area contributed by atoms with Crippen molar-refractivity contribution in [1.82, 2.24) is 9.88 Å². The van der Waals surface area contributed by atoms with Gasteiger partial charge in [-0.05, 0) is 99.5 Å². The molecule has 2 atom stereocenters. The number of nitrogens with two attached hydrogens (primary N) is 1. The first-order chi connectivity index (χ1) is 18.1. The van der Waals surface area contributed by atoms with Crippen LogP contribution in [-0.2, 0) is 27.5 Å². The molecule has 0 aliphatic carbocycles. The van der Waals surface area contributed by atoms with Crippen LogP contribution in [0.25, 0.3) is 10.9 Å². The van der Waals surface area contributed by atoms with Gasteiger partial charge in [-0.15, -0.1) is 0 Å². The van der Waals surface area contributed by atoms with Gasteiger partial charge < -0.3 is 20.7 Å². The van der Waals surface area contributed by atoms with E-state index in [9.17, 15) is 13.2 Å². The summed E-state index contributed by atoms with van der Waals surface area (Å²) in [6, 6.07) is 15.6. The van der Waals surface area contributed by atoms with Crippen molar-refractivity contribution in [3.8, 4) is 0 Å². The number of carbonyl (C=O) groups is 1. The molecule has 8 heteroatoms. The summed E-state index contributed by atoms with van der Waals surface area (Å²) in [6.45, 7) is 5.80. The maximum Gasteiger partial charge on any atom is 0.303 e. The molecule has 208 valence electrons. The van der Waals surface area contributed by atoms with E-state index in [0.717, 1.165) is 23.9 Å². The highest BCUT2D eigenvalue weighted by Crippen LogP contribution is 2.26. The second-order valence-electron chi connectivity index (χ2n) is 10.9. The summed E-state index contributed by atoms with van der Waals surface area (Å²) in [5, 5.41) is 9.70. The Hall–Kier alpha value is -2.68. The number of nitrogens with one attached hydrogen (secondary N) is 1. The van der Waals surface area contributed by atoms with Crippen LogP contribution >= 0.6 is 0 Å². The predicted octanol–water partition coefficient (Wildman–Crippen LogP) is 4.90. The SMILES string of the molecule is CC(C)C[C@H](CN)CC(=O)O.CN1CCC[C@@H]1Cc1c[nH]c2ccc(CCS(=O)(=O)c3ccccc3)cc12. The Bertz CT molecular complexity index is 1270. The number of aromatic amines is 1. The lowest BCUT2D eigenvalue weighted by Crippen LogP contribution is -2.26. The highest BCUT2D eigenvalue weighted by Gasteiger charge is 2.22. The molecule has 3 aromatic rings. The van der Waals surface area contributed by atoms with E-state index in [4.69, 9.17) is 10.8 Å². The quantitative estimate of drug-likeness (QED) is 0.318. The number of carboxylic acid groups (broad SMARTS) is 1. The summed E-state index contributed by atoms with van der Waals surface area (Å²) in [7, 11) is -1.05. The minimum atomic E-state index is -3.25. The summed E-state index contributed by atoms with van der Waals surface area (Å²) < 4.78 is 25.1. The number of aryl methyl sites for hydroxylation is 1. The number of aromatic nitrogens is 1. The molecule has 0 radical (unpaired) electrons. The fourth-order valence-electron chi connectivity index (χ4n) is 5.22.